The first-order valence-corrected chi connectivity index (χ1v) is 7.95. The van der Waals surface area contributed by atoms with Gasteiger partial charge < -0.3 is 15.2 Å². The Labute approximate surface area is 174 Å². The zero-order chi connectivity index (χ0) is 16.6. The van der Waals surface area contributed by atoms with E-state index in [1.54, 1.807) is 0 Å². The SMILES string of the molecule is [NH-]Cc1cc(OCc2ccccc2)cc(OCc2ccccc2)c1.[Y]. The molecule has 0 atom stereocenters. The van der Waals surface area contributed by atoms with Crippen molar-refractivity contribution in [2.45, 2.75) is 19.8 Å². The van der Waals surface area contributed by atoms with Crippen LogP contribution in [0.4, 0.5) is 0 Å². The molecule has 0 aliphatic carbocycles. The summed E-state index contributed by atoms with van der Waals surface area (Å²) in [7, 11) is 0. The summed E-state index contributed by atoms with van der Waals surface area (Å²) < 4.78 is 11.7. The molecule has 0 amide bonds. The number of benzene rings is 3. The molecule has 0 aliphatic heterocycles. The van der Waals surface area contributed by atoms with Gasteiger partial charge in [0.1, 0.15) is 24.7 Å². The third-order valence-corrected chi connectivity index (χ3v) is 3.64. The van der Waals surface area contributed by atoms with Crippen LogP contribution in [0.25, 0.3) is 5.73 Å². The Hall–Kier alpha value is -1.68. The smallest absolute Gasteiger partial charge is 0.123 e. The molecule has 4 heteroatoms. The molecule has 0 saturated heterocycles. The molecule has 0 fully saturated rings. The quantitative estimate of drug-likeness (QED) is 0.527. The largest absolute Gasteiger partial charge is 0.674 e. The Morgan fingerprint density at radius 2 is 1.04 bits per heavy atom. The summed E-state index contributed by atoms with van der Waals surface area (Å²) >= 11 is 0. The second-order valence-corrected chi connectivity index (χ2v) is 5.54. The fourth-order valence-corrected chi connectivity index (χ4v) is 2.38. The maximum atomic E-state index is 7.62. The Morgan fingerprint density at radius 1 is 0.600 bits per heavy atom. The molecule has 0 unspecified atom stereocenters. The van der Waals surface area contributed by atoms with E-state index in [0.29, 0.717) is 13.2 Å². The number of hydrogen-bond donors (Lipinski definition) is 0. The molecule has 3 aromatic carbocycles. The van der Waals surface area contributed by atoms with E-state index in [1.165, 1.54) is 0 Å². The number of ether oxygens (including phenoxy) is 2. The third kappa shape index (κ3) is 6.28. The van der Waals surface area contributed by atoms with Gasteiger partial charge in [-0.05, 0) is 23.3 Å². The van der Waals surface area contributed by atoms with Gasteiger partial charge in [-0.2, -0.15) is 0 Å². The van der Waals surface area contributed by atoms with Gasteiger partial charge in [0.15, 0.2) is 0 Å². The second kappa shape index (κ2) is 10.3. The monoisotopic (exact) mass is 407 g/mol. The fourth-order valence-electron chi connectivity index (χ4n) is 2.38. The first-order valence-electron chi connectivity index (χ1n) is 7.95. The molecule has 25 heavy (non-hydrogen) atoms. The van der Waals surface area contributed by atoms with Crippen LogP contribution in [-0.2, 0) is 52.5 Å². The van der Waals surface area contributed by atoms with Crippen LogP contribution >= 0.6 is 0 Å². The second-order valence-electron chi connectivity index (χ2n) is 5.54. The predicted octanol–water partition coefficient (Wildman–Crippen LogP) is 5.39. The number of hydrogen-bond acceptors (Lipinski definition) is 2. The average molecular weight is 407 g/mol. The molecule has 3 aromatic rings. The molecule has 0 saturated carbocycles. The number of nitrogens with one attached hydrogen (secondary N) is 1. The van der Waals surface area contributed by atoms with Gasteiger partial charge in [-0.25, -0.2) is 0 Å². The Balaban J connectivity index is 0.00000225. The molecule has 0 bridgehead atoms. The van der Waals surface area contributed by atoms with Crippen LogP contribution in [0.5, 0.6) is 11.5 Å². The van der Waals surface area contributed by atoms with E-state index in [2.05, 4.69) is 0 Å². The van der Waals surface area contributed by atoms with E-state index >= 15 is 0 Å². The van der Waals surface area contributed by atoms with E-state index < -0.39 is 0 Å². The van der Waals surface area contributed by atoms with Gasteiger partial charge in [-0.3, -0.25) is 0 Å². The van der Waals surface area contributed by atoms with Crippen LogP contribution in [0.1, 0.15) is 16.7 Å². The molecule has 125 valence electrons. The van der Waals surface area contributed by atoms with Crippen molar-refractivity contribution in [1.29, 1.82) is 0 Å². The van der Waals surface area contributed by atoms with Crippen LogP contribution in [0, 0.1) is 0 Å². The van der Waals surface area contributed by atoms with Crippen molar-refractivity contribution in [2.24, 2.45) is 0 Å². The first-order chi connectivity index (χ1) is 11.8. The normalized spacial score (nSPS) is 9.96. The Morgan fingerprint density at radius 3 is 1.44 bits per heavy atom. The maximum absolute atomic E-state index is 7.62. The summed E-state index contributed by atoms with van der Waals surface area (Å²) in [4.78, 5) is 0. The van der Waals surface area contributed by atoms with Crippen molar-refractivity contribution >= 4 is 0 Å². The van der Waals surface area contributed by atoms with E-state index in [0.717, 1.165) is 28.2 Å². The molecule has 0 spiro atoms. The van der Waals surface area contributed by atoms with Crippen molar-refractivity contribution in [2.75, 3.05) is 0 Å². The third-order valence-electron chi connectivity index (χ3n) is 3.64. The molecule has 1 N–H and O–H groups in total. The molecule has 3 nitrogen and oxygen atoms in total. The van der Waals surface area contributed by atoms with E-state index in [9.17, 15) is 0 Å². The molecule has 3 rings (SSSR count). The van der Waals surface area contributed by atoms with Gasteiger partial charge in [-0.15, -0.1) is 6.54 Å². The van der Waals surface area contributed by atoms with Crippen LogP contribution in [0.3, 0.4) is 0 Å². The topological polar surface area (TPSA) is 42.3 Å². The van der Waals surface area contributed by atoms with Gasteiger partial charge in [0.25, 0.3) is 0 Å². The molecule has 0 heterocycles. The van der Waals surface area contributed by atoms with Crippen molar-refractivity contribution < 1.29 is 42.2 Å². The molecular weight excluding hydrogens is 387 g/mol. The summed E-state index contributed by atoms with van der Waals surface area (Å²) in [5, 5.41) is 0. The minimum absolute atomic E-state index is 0. The van der Waals surface area contributed by atoms with Gasteiger partial charge in [-0.1, -0.05) is 66.2 Å². The molecule has 1 radical (unpaired) electrons. The van der Waals surface area contributed by atoms with Gasteiger partial charge in [0.05, 0.1) is 0 Å². The summed E-state index contributed by atoms with van der Waals surface area (Å²) in [6.45, 7) is 1.20. The van der Waals surface area contributed by atoms with Crippen LogP contribution in [0.15, 0.2) is 78.9 Å². The summed E-state index contributed by atoms with van der Waals surface area (Å²) in [6.07, 6.45) is 0. The zero-order valence-electron chi connectivity index (χ0n) is 14.0. The fraction of sp³-hybridized carbons (Fsp3) is 0.143. The van der Waals surface area contributed by atoms with Crippen molar-refractivity contribution in [3.05, 3.63) is 101 Å². The summed E-state index contributed by atoms with van der Waals surface area (Å²) in [6, 6.07) is 25.7. The van der Waals surface area contributed by atoms with Crippen LogP contribution in [-0.4, -0.2) is 0 Å². The minimum Gasteiger partial charge on any atom is -0.674 e. The van der Waals surface area contributed by atoms with Gasteiger partial charge in [0.2, 0.25) is 0 Å². The Kier molecular flexibility index (Phi) is 8.13. The maximum Gasteiger partial charge on any atom is 0.123 e. The minimum atomic E-state index is 0. The van der Waals surface area contributed by atoms with E-state index in [-0.39, 0.29) is 39.3 Å². The van der Waals surface area contributed by atoms with Crippen molar-refractivity contribution in [1.82, 2.24) is 0 Å². The standard InChI is InChI=1S/C21H20NO2.Y/c22-14-19-11-20(23-15-17-7-3-1-4-8-17)13-21(12-19)24-16-18-9-5-2-6-10-18;/h1-13,22H,14-16H2;/q-1;. The molecule has 0 aromatic heterocycles. The van der Waals surface area contributed by atoms with Crippen molar-refractivity contribution in [3.63, 3.8) is 0 Å². The van der Waals surface area contributed by atoms with E-state index in [4.69, 9.17) is 15.2 Å². The first kappa shape index (κ1) is 19.6. The molecule has 0 aliphatic rings. The molecular formula is C21H20NO2Y-. The predicted molar refractivity (Wildman–Crippen MR) is 96.0 cm³/mol. The van der Waals surface area contributed by atoms with E-state index in [1.807, 2.05) is 78.9 Å². The summed E-state index contributed by atoms with van der Waals surface area (Å²) in [5.41, 5.74) is 10.7. The number of rotatable bonds is 7. The van der Waals surface area contributed by atoms with Crippen molar-refractivity contribution in [3.8, 4) is 11.5 Å². The Bertz CT molecular complexity index is 702. The van der Waals surface area contributed by atoms with Gasteiger partial charge in [0, 0.05) is 38.8 Å². The van der Waals surface area contributed by atoms with Gasteiger partial charge >= 0.3 is 0 Å². The zero-order valence-corrected chi connectivity index (χ0v) is 16.9. The average Bonchev–Trinajstić information content (AvgIpc) is 2.66. The van der Waals surface area contributed by atoms with Crippen LogP contribution in [0.2, 0.25) is 0 Å². The summed E-state index contributed by atoms with van der Waals surface area (Å²) in [5.74, 6) is 1.46. The van der Waals surface area contributed by atoms with Crippen LogP contribution < -0.4 is 9.47 Å².